The molecule has 5 nitrogen and oxygen atoms in total. The summed E-state index contributed by atoms with van der Waals surface area (Å²) in [6.45, 7) is 0. The van der Waals surface area contributed by atoms with E-state index in [1.807, 2.05) is 0 Å². The minimum Gasteiger partial charge on any atom is -0.350 e. The van der Waals surface area contributed by atoms with Gasteiger partial charge in [0, 0.05) is 44.1 Å². The van der Waals surface area contributed by atoms with Crippen molar-refractivity contribution in [1.29, 1.82) is 0 Å². The molecular formula is C49H41N5. The van der Waals surface area contributed by atoms with Crippen molar-refractivity contribution in [2.75, 3.05) is 0 Å². The van der Waals surface area contributed by atoms with Crippen molar-refractivity contribution >= 4 is 61.1 Å². The van der Waals surface area contributed by atoms with Crippen molar-refractivity contribution < 1.29 is 0 Å². The van der Waals surface area contributed by atoms with Gasteiger partial charge in [-0.05, 0) is 91.5 Å². The Bertz CT molecular complexity index is 2840. The zero-order valence-corrected chi connectivity index (χ0v) is 30.2. The van der Waals surface area contributed by atoms with Crippen LogP contribution in [0.2, 0.25) is 0 Å². The molecule has 5 heteroatoms. The fourth-order valence-corrected chi connectivity index (χ4v) is 9.28. The lowest BCUT2D eigenvalue weighted by molar-refractivity contribution is 0.425. The van der Waals surface area contributed by atoms with Gasteiger partial charge in [-0.3, -0.25) is 5.32 Å². The zero-order valence-electron chi connectivity index (χ0n) is 30.2. The molecule has 11 rings (SSSR count). The summed E-state index contributed by atoms with van der Waals surface area (Å²) in [5.74, 6) is 0.925. The molecule has 7 aromatic rings. The largest absolute Gasteiger partial charge is 0.350 e. The van der Waals surface area contributed by atoms with E-state index in [1.165, 1.54) is 77.3 Å². The molecule has 2 N–H and O–H groups in total. The molecule has 0 spiro atoms. The second kappa shape index (κ2) is 12.8. The molecule has 2 aromatic heterocycles. The fraction of sp³-hybridized carbons (Fsp3) is 0.163. The Morgan fingerprint density at radius 3 is 2.19 bits per heavy atom. The van der Waals surface area contributed by atoms with Crippen LogP contribution >= 0.6 is 0 Å². The van der Waals surface area contributed by atoms with Crippen molar-refractivity contribution in [1.82, 2.24) is 19.8 Å². The first-order valence-electron chi connectivity index (χ1n) is 19.5. The Labute approximate surface area is 315 Å². The van der Waals surface area contributed by atoms with Crippen molar-refractivity contribution in [3.05, 3.63) is 174 Å². The second-order valence-corrected chi connectivity index (χ2v) is 14.9. The molecule has 2 unspecified atom stereocenters. The summed E-state index contributed by atoms with van der Waals surface area (Å²) >= 11 is 0. The number of hydrogen-bond acceptors (Lipinski definition) is 3. The van der Waals surface area contributed by atoms with Gasteiger partial charge in [0.15, 0.2) is 0 Å². The molecule has 3 aliphatic carbocycles. The summed E-state index contributed by atoms with van der Waals surface area (Å²) in [4.78, 5) is 5.39. The molecule has 3 heterocycles. The van der Waals surface area contributed by atoms with Gasteiger partial charge in [0.2, 0.25) is 0 Å². The average Bonchev–Trinajstić information content (AvgIpc) is 3.75. The van der Waals surface area contributed by atoms with Gasteiger partial charge in [-0.25, -0.2) is 4.99 Å². The molecule has 0 saturated carbocycles. The molecule has 262 valence electrons. The van der Waals surface area contributed by atoms with E-state index in [9.17, 15) is 0 Å². The molecule has 0 fully saturated rings. The van der Waals surface area contributed by atoms with Gasteiger partial charge in [0.1, 0.15) is 18.2 Å². The van der Waals surface area contributed by atoms with Crippen molar-refractivity contribution in [3.63, 3.8) is 0 Å². The van der Waals surface area contributed by atoms with E-state index >= 15 is 0 Å². The molecule has 5 aromatic carbocycles. The summed E-state index contributed by atoms with van der Waals surface area (Å²) in [6.07, 6.45) is 24.2. The van der Waals surface area contributed by atoms with Crippen LogP contribution in [0, 0.1) is 0 Å². The molecule has 2 atom stereocenters. The van der Waals surface area contributed by atoms with Crippen LogP contribution in [0.25, 0.3) is 60.9 Å². The Hall–Kier alpha value is -6.17. The first-order valence-corrected chi connectivity index (χ1v) is 19.5. The maximum atomic E-state index is 5.39. The number of nitrogens with zero attached hydrogens (tertiary/aromatic N) is 3. The van der Waals surface area contributed by atoms with Gasteiger partial charge >= 0.3 is 0 Å². The smallest absolute Gasteiger partial charge is 0.132 e. The predicted molar refractivity (Wildman–Crippen MR) is 226 cm³/mol. The Balaban J connectivity index is 1.13. The monoisotopic (exact) mass is 699 g/mol. The number of amidine groups is 1. The number of rotatable bonds is 5. The standard InChI is InChI=1S/C49H41N5/c1-4-16-32(17-5-1)47-50-48(33-18-6-2-7-19-33)52-49(51-47)39-28-29-44(36-23-11-10-22-35(36)39)54-43-27-15-13-25-38(43)41-30-40-37-24-12-14-26-42(37)53(45(40)31-46(41)54)34-20-8-3-9-21-34/h1-6,8,10-14,16-18,20,22-26,28-31,47-48,50H,7,9,15,19,21,27H2,(H,51,52). The van der Waals surface area contributed by atoms with Crippen LogP contribution in [0.3, 0.4) is 0 Å². The second-order valence-electron chi connectivity index (χ2n) is 14.9. The minimum atomic E-state index is -0.106. The highest BCUT2D eigenvalue weighted by Gasteiger charge is 2.29. The molecule has 0 bridgehead atoms. The highest BCUT2D eigenvalue weighted by molar-refractivity contribution is 6.16. The van der Waals surface area contributed by atoms with Crippen LogP contribution in [0.15, 0.2) is 156 Å². The number of aliphatic imine (C=N–C) groups is 1. The first kappa shape index (κ1) is 31.4. The lowest BCUT2D eigenvalue weighted by atomic mass is 9.98. The number of aromatic nitrogens is 2. The minimum absolute atomic E-state index is 0.0647. The van der Waals surface area contributed by atoms with Crippen LogP contribution in [0.4, 0.5) is 0 Å². The molecule has 0 amide bonds. The third-order valence-electron chi connectivity index (χ3n) is 11.8. The van der Waals surface area contributed by atoms with Crippen LogP contribution in [0.5, 0.6) is 0 Å². The SMILES string of the molecule is C1=CCCC(C2N=C(c3ccc(-n4c5c(c6cc7c8ccccc8n(C8=CC=CCC8)c7cc64)C=CCC5)c4ccccc34)NC(c3ccccc3)N2)=C1. The highest BCUT2D eigenvalue weighted by atomic mass is 15.3. The lowest BCUT2D eigenvalue weighted by Crippen LogP contribution is -2.49. The highest BCUT2D eigenvalue weighted by Crippen LogP contribution is 2.42. The van der Waals surface area contributed by atoms with Gasteiger partial charge in [0.25, 0.3) is 0 Å². The summed E-state index contributed by atoms with van der Waals surface area (Å²) < 4.78 is 5.09. The molecular weight excluding hydrogens is 659 g/mol. The van der Waals surface area contributed by atoms with E-state index in [-0.39, 0.29) is 12.3 Å². The van der Waals surface area contributed by atoms with Crippen molar-refractivity contribution in [2.24, 2.45) is 4.99 Å². The van der Waals surface area contributed by atoms with E-state index < -0.39 is 0 Å². The number of allylic oxidation sites excluding steroid dienone is 8. The van der Waals surface area contributed by atoms with E-state index in [0.717, 1.165) is 49.9 Å². The van der Waals surface area contributed by atoms with Gasteiger partial charge in [-0.1, -0.05) is 115 Å². The quantitative estimate of drug-likeness (QED) is 0.188. The van der Waals surface area contributed by atoms with Gasteiger partial charge in [0.05, 0.1) is 22.2 Å². The molecule has 0 radical (unpaired) electrons. The zero-order chi connectivity index (χ0) is 35.6. The van der Waals surface area contributed by atoms with Crippen LogP contribution < -0.4 is 10.6 Å². The first-order chi connectivity index (χ1) is 26.8. The summed E-state index contributed by atoms with van der Waals surface area (Å²) in [5.41, 5.74) is 12.7. The summed E-state index contributed by atoms with van der Waals surface area (Å²) in [5, 5.41) is 14.0. The number of para-hydroxylation sites is 1. The Morgan fingerprint density at radius 1 is 0.593 bits per heavy atom. The number of benzene rings is 5. The number of hydrogen-bond donors (Lipinski definition) is 2. The average molecular weight is 700 g/mol. The van der Waals surface area contributed by atoms with Gasteiger partial charge in [-0.15, -0.1) is 0 Å². The summed E-state index contributed by atoms with van der Waals surface area (Å²) in [7, 11) is 0. The van der Waals surface area contributed by atoms with Gasteiger partial charge < -0.3 is 14.5 Å². The number of nitrogens with one attached hydrogen (secondary N) is 2. The van der Waals surface area contributed by atoms with Crippen LogP contribution in [-0.2, 0) is 6.42 Å². The van der Waals surface area contributed by atoms with Crippen molar-refractivity contribution in [3.8, 4) is 5.69 Å². The third kappa shape index (κ3) is 4.99. The van der Waals surface area contributed by atoms with Crippen molar-refractivity contribution in [2.45, 2.75) is 50.9 Å². The maximum absolute atomic E-state index is 5.39. The molecule has 1 aliphatic heterocycles. The third-order valence-corrected chi connectivity index (χ3v) is 11.8. The number of fused-ring (bicyclic) bond motifs is 7. The predicted octanol–water partition coefficient (Wildman–Crippen LogP) is 11.3. The molecule has 4 aliphatic rings. The maximum Gasteiger partial charge on any atom is 0.132 e. The lowest BCUT2D eigenvalue weighted by Gasteiger charge is -2.34. The van der Waals surface area contributed by atoms with E-state index in [2.05, 4.69) is 172 Å². The normalized spacial score (nSPS) is 19.6. The Kier molecular flexibility index (Phi) is 7.41. The van der Waals surface area contributed by atoms with E-state index in [1.54, 1.807) is 0 Å². The van der Waals surface area contributed by atoms with Crippen LogP contribution in [-0.4, -0.2) is 21.1 Å². The molecule has 54 heavy (non-hydrogen) atoms. The fourth-order valence-electron chi connectivity index (χ4n) is 9.28. The topological polar surface area (TPSA) is 46.3 Å². The van der Waals surface area contributed by atoms with Crippen LogP contribution in [0.1, 0.15) is 60.7 Å². The molecule has 0 saturated heterocycles. The Morgan fingerprint density at radius 2 is 1.35 bits per heavy atom. The van der Waals surface area contributed by atoms with Gasteiger partial charge in [-0.2, -0.15) is 0 Å². The van der Waals surface area contributed by atoms with E-state index in [0.29, 0.717) is 0 Å². The van der Waals surface area contributed by atoms with E-state index in [4.69, 9.17) is 4.99 Å². The summed E-state index contributed by atoms with van der Waals surface area (Å²) in [6, 6.07) is 38.1.